The second kappa shape index (κ2) is 5.63. The second-order valence-corrected chi connectivity index (χ2v) is 4.27. The Kier molecular flexibility index (Phi) is 4.41. The summed E-state index contributed by atoms with van der Waals surface area (Å²) in [6, 6.07) is 3.63. The molecule has 8 nitrogen and oxygen atoms in total. The van der Waals surface area contributed by atoms with Crippen LogP contribution in [0.15, 0.2) is 18.2 Å². The lowest BCUT2D eigenvalue weighted by Gasteiger charge is -2.21. The van der Waals surface area contributed by atoms with Gasteiger partial charge in [0.05, 0.1) is 17.1 Å². The van der Waals surface area contributed by atoms with E-state index in [9.17, 15) is 20.0 Å². The zero-order valence-corrected chi connectivity index (χ0v) is 10.2. The molecule has 0 fully saturated rings. The zero-order valence-electron chi connectivity index (χ0n) is 10.2. The molecule has 1 atom stereocenters. The van der Waals surface area contributed by atoms with E-state index in [0.29, 0.717) is 0 Å². The summed E-state index contributed by atoms with van der Waals surface area (Å²) < 4.78 is 0. The number of hydrogen-bond acceptors (Lipinski definition) is 6. The maximum Gasteiger partial charge on any atom is 0.338 e. The topological polar surface area (TPSA) is 133 Å². The summed E-state index contributed by atoms with van der Waals surface area (Å²) >= 11 is 0. The largest absolute Gasteiger partial charge is 0.478 e. The highest BCUT2D eigenvalue weighted by Crippen LogP contribution is 2.28. The molecule has 0 heterocycles. The third kappa shape index (κ3) is 3.63. The fourth-order valence-corrected chi connectivity index (χ4v) is 1.39. The molecule has 1 aromatic carbocycles. The molecular weight excluding hydrogens is 256 g/mol. The Bertz CT molecular complexity index is 468. The van der Waals surface area contributed by atoms with E-state index in [1.807, 2.05) is 0 Å². The Hall–Kier alpha value is -2.19. The van der Waals surface area contributed by atoms with Gasteiger partial charge in [0.2, 0.25) is 0 Å². The SMILES string of the molecule is CC(O)(CO)CNc1c(C(=O)O)cccc1[N+](=O)[O-]. The van der Waals surface area contributed by atoms with Crippen LogP contribution in [0.1, 0.15) is 17.3 Å². The number of anilines is 1. The summed E-state index contributed by atoms with van der Waals surface area (Å²) in [5.41, 5.74) is -2.40. The van der Waals surface area contributed by atoms with Gasteiger partial charge in [-0.05, 0) is 13.0 Å². The lowest BCUT2D eigenvalue weighted by Crippen LogP contribution is -2.37. The molecule has 19 heavy (non-hydrogen) atoms. The maximum atomic E-state index is 11.0. The number of carbonyl (C=O) groups is 1. The number of aliphatic hydroxyl groups is 2. The van der Waals surface area contributed by atoms with Crippen molar-refractivity contribution in [3.8, 4) is 0 Å². The average molecular weight is 270 g/mol. The van der Waals surface area contributed by atoms with Gasteiger partial charge in [0.25, 0.3) is 5.69 Å². The van der Waals surface area contributed by atoms with Crippen molar-refractivity contribution in [1.82, 2.24) is 0 Å². The van der Waals surface area contributed by atoms with Crippen molar-refractivity contribution in [2.45, 2.75) is 12.5 Å². The fourth-order valence-electron chi connectivity index (χ4n) is 1.39. The molecular formula is C11H14N2O6. The molecule has 1 rings (SSSR count). The minimum atomic E-state index is -1.51. The molecule has 0 aliphatic rings. The molecule has 0 amide bonds. The average Bonchev–Trinajstić information content (AvgIpc) is 2.35. The van der Waals surface area contributed by atoms with E-state index in [2.05, 4.69) is 5.32 Å². The molecule has 0 radical (unpaired) electrons. The van der Waals surface area contributed by atoms with Gasteiger partial charge >= 0.3 is 5.97 Å². The number of nitrogens with zero attached hydrogens (tertiary/aromatic N) is 1. The number of para-hydroxylation sites is 1. The molecule has 0 spiro atoms. The van der Waals surface area contributed by atoms with Crippen LogP contribution in [0, 0.1) is 10.1 Å². The molecule has 4 N–H and O–H groups in total. The number of aliphatic hydroxyl groups excluding tert-OH is 1. The van der Waals surface area contributed by atoms with Gasteiger partial charge < -0.3 is 20.6 Å². The van der Waals surface area contributed by atoms with Crippen LogP contribution in [-0.2, 0) is 0 Å². The fraction of sp³-hybridized carbons (Fsp3) is 0.364. The van der Waals surface area contributed by atoms with Crippen LogP contribution in [0.25, 0.3) is 0 Å². The third-order valence-corrected chi connectivity index (χ3v) is 2.46. The standard InChI is InChI=1S/C11H14N2O6/c1-11(17,6-14)5-12-9-7(10(15)16)3-2-4-8(9)13(18)19/h2-4,12,14,17H,5-6H2,1H3,(H,15,16). The normalized spacial score (nSPS) is 13.6. The van der Waals surface area contributed by atoms with E-state index >= 15 is 0 Å². The Morgan fingerprint density at radius 1 is 1.53 bits per heavy atom. The van der Waals surface area contributed by atoms with E-state index in [-0.39, 0.29) is 17.8 Å². The first-order valence-electron chi connectivity index (χ1n) is 5.36. The van der Waals surface area contributed by atoms with Gasteiger partial charge in [-0.2, -0.15) is 0 Å². The summed E-state index contributed by atoms with van der Waals surface area (Å²) in [7, 11) is 0. The van der Waals surface area contributed by atoms with Crippen molar-refractivity contribution in [2.75, 3.05) is 18.5 Å². The molecule has 104 valence electrons. The Balaban J connectivity index is 3.15. The molecule has 0 aromatic heterocycles. The summed E-state index contributed by atoms with van der Waals surface area (Å²) in [6.45, 7) is 0.521. The maximum absolute atomic E-state index is 11.0. The van der Waals surface area contributed by atoms with E-state index in [1.54, 1.807) is 0 Å². The highest BCUT2D eigenvalue weighted by molar-refractivity contribution is 5.96. The van der Waals surface area contributed by atoms with Crippen molar-refractivity contribution in [1.29, 1.82) is 0 Å². The lowest BCUT2D eigenvalue weighted by atomic mass is 10.1. The van der Waals surface area contributed by atoms with Crippen molar-refractivity contribution in [3.05, 3.63) is 33.9 Å². The Morgan fingerprint density at radius 2 is 2.16 bits per heavy atom. The number of aromatic carboxylic acids is 1. The van der Waals surface area contributed by atoms with Crippen molar-refractivity contribution < 1.29 is 25.0 Å². The summed E-state index contributed by atoms with van der Waals surface area (Å²) in [5, 5.41) is 40.8. The quantitative estimate of drug-likeness (QED) is 0.435. The van der Waals surface area contributed by atoms with E-state index in [0.717, 1.165) is 6.07 Å². The zero-order chi connectivity index (χ0) is 14.6. The number of benzene rings is 1. The van der Waals surface area contributed by atoms with Crippen LogP contribution in [-0.4, -0.2) is 45.0 Å². The Labute approximate surface area is 108 Å². The van der Waals surface area contributed by atoms with Gasteiger partial charge in [-0.1, -0.05) is 6.07 Å². The van der Waals surface area contributed by atoms with Crippen LogP contribution < -0.4 is 5.32 Å². The van der Waals surface area contributed by atoms with E-state index in [4.69, 9.17) is 10.2 Å². The summed E-state index contributed by atoms with van der Waals surface area (Å²) in [4.78, 5) is 21.1. The van der Waals surface area contributed by atoms with Crippen LogP contribution >= 0.6 is 0 Å². The van der Waals surface area contributed by atoms with Gasteiger partial charge in [0.1, 0.15) is 11.3 Å². The minimum Gasteiger partial charge on any atom is -0.478 e. The highest BCUT2D eigenvalue weighted by Gasteiger charge is 2.25. The van der Waals surface area contributed by atoms with Crippen molar-refractivity contribution in [3.63, 3.8) is 0 Å². The predicted molar refractivity (Wildman–Crippen MR) is 66.3 cm³/mol. The third-order valence-electron chi connectivity index (χ3n) is 2.46. The van der Waals surface area contributed by atoms with E-state index < -0.39 is 28.8 Å². The van der Waals surface area contributed by atoms with Crippen LogP contribution in [0.5, 0.6) is 0 Å². The van der Waals surface area contributed by atoms with Gasteiger partial charge in [0, 0.05) is 12.6 Å². The smallest absolute Gasteiger partial charge is 0.338 e. The molecule has 0 aliphatic carbocycles. The lowest BCUT2D eigenvalue weighted by molar-refractivity contribution is -0.384. The van der Waals surface area contributed by atoms with Crippen LogP contribution in [0.3, 0.4) is 0 Å². The summed E-state index contributed by atoms with van der Waals surface area (Å²) in [5.74, 6) is -1.32. The first kappa shape index (κ1) is 14.9. The van der Waals surface area contributed by atoms with Gasteiger partial charge in [0.15, 0.2) is 0 Å². The van der Waals surface area contributed by atoms with Crippen LogP contribution in [0.2, 0.25) is 0 Å². The second-order valence-electron chi connectivity index (χ2n) is 4.27. The first-order valence-corrected chi connectivity index (χ1v) is 5.36. The first-order chi connectivity index (χ1) is 8.78. The number of carboxylic acid groups (broad SMARTS) is 1. The predicted octanol–water partition coefficient (Wildman–Crippen LogP) is 0.448. The molecule has 8 heteroatoms. The number of nitro benzene ring substituents is 1. The summed E-state index contributed by atoms with van der Waals surface area (Å²) in [6.07, 6.45) is 0. The molecule has 1 unspecified atom stereocenters. The monoisotopic (exact) mass is 270 g/mol. The minimum absolute atomic E-state index is 0.200. The molecule has 1 aromatic rings. The van der Waals surface area contributed by atoms with Gasteiger partial charge in [-0.3, -0.25) is 10.1 Å². The van der Waals surface area contributed by atoms with E-state index in [1.165, 1.54) is 19.1 Å². The van der Waals surface area contributed by atoms with Gasteiger partial charge in [-0.25, -0.2) is 4.79 Å². The number of nitrogens with one attached hydrogen (secondary N) is 1. The molecule has 0 saturated heterocycles. The van der Waals surface area contributed by atoms with Crippen molar-refractivity contribution >= 4 is 17.3 Å². The Morgan fingerprint density at radius 3 is 2.63 bits per heavy atom. The number of rotatable bonds is 6. The van der Waals surface area contributed by atoms with Gasteiger partial charge in [-0.15, -0.1) is 0 Å². The molecule has 0 aliphatic heterocycles. The number of nitro groups is 1. The highest BCUT2D eigenvalue weighted by atomic mass is 16.6. The molecule has 0 saturated carbocycles. The molecule has 0 bridgehead atoms. The van der Waals surface area contributed by atoms with Crippen LogP contribution in [0.4, 0.5) is 11.4 Å². The number of hydrogen-bond donors (Lipinski definition) is 4. The van der Waals surface area contributed by atoms with Crippen molar-refractivity contribution in [2.24, 2.45) is 0 Å². The number of carboxylic acids is 1.